The number of thiazole rings is 1. The number of imidazole rings is 1. The van der Waals surface area contributed by atoms with Gasteiger partial charge in [-0.05, 0) is 42.8 Å². The van der Waals surface area contributed by atoms with E-state index in [1.165, 1.54) is 17.4 Å². The predicted molar refractivity (Wildman–Crippen MR) is 127 cm³/mol. The number of aryl methyl sites for hydroxylation is 1. The number of rotatable bonds is 5. The Morgan fingerprint density at radius 2 is 1.81 bits per heavy atom. The van der Waals surface area contributed by atoms with Gasteiger partial charge in [-0.3, -0.25) is 9.20 Å². The van der Waals surface area contributed by atoms with Crippen LogP contribution in [0.3, 0.4) is 0 Å². The van der Waals surface area contributed by atoms with Gasteiger partial charge in [0.1, 0.15) is 5.82 Å². The van der Waals surface area contributed by atoms with Crippen LogP contribution in [0.5, 0.6) is 0 Å². The summed E-state index contributed by atoms with van der Waals surface area (Å²) < 4.78 is 16.1. The SMILES string of the molecule is O=C(CCc1csc2nc(-c3ccccc3F)cn12)N1CCN(c2ccc(Cl)cc2)CC1. The molecule has 8 heteroatoms. The highest BCUT2D eigenvalue weighted by molar-refractivity contribution is 7.15. The number of carbonyl (C=O) groups is 1. The Labute approximate surface area is 194 Å². The van der Waals surface area contributed by atoms with E-state index in [2.05, 4.69) is 9.88 Å². The molecule has 2 aromatic carbocycles. The smallest absolute Gasteiger partial charge is 0.223 e. The average molecular weight is 469 g/mol. The summed E-state index contributed by atoms with van der Waals surface area (Å²) in [5.74, 6) is -0.123. The molecule has 0 unspecified atom stereocenters. The van der Waals surface area contributed by atoms with Crippen molar-refractivity contribution in [2.75, 3.05) is 31.1 Å². The monoisotopic (exact) mass is 468 g/mol. The number of anilines is 1. The largest absolute Gasteiger partial charge is 0.368 e. The van der Waals surface area contributed by atoms with Gasteiger partial charge in [0.2, 0.25) is 5.91 Å². The van der Waals surface area contributed by atoms with Gasteiger partial charge in [-0.1, -0.05) is 23.7 Å². The first kappa shape index (κ1) is 21.0. The van der Waals surface area contributed by atoms with Gasteiger partial charge in [0, 0.05) is 66.1 Å². The van der Waals surface area contributed by atoms with Crippen LogP contribution in [0.4, 0.5) is 10.1 Å². The van der Waals surface area contributed by atoms with Crippen LogP contribution in [0.15, 0.2) is 60.1 Å². The Morgan fingerprint density at radius 1 is 1.06 bits per heavy atom. The van der Waals surface area contributed by atoms with Crippen molar-refractivity contribution < 1.29 is 9.18 Å². The Hall–Kier alpha value is -2.90. The van der Waals surface area contributed by atoms with Crippen LogP contribution >= 0.6 is 22.9 Å². The highest BCUT2D eigenvalue weighted by Crippen LogP contribution is 2.26. The summed E-state index contributed by atoms with van der Waals surface area (Å²) in [6.07, 6.45) is 2.93. The van der Waals surface area contributed by atoms with Crippen molar-refractivity contribution in [3.8, 4) is 11.3 Å². The highest BCUT2D eigenvalue weighted by Gasteiger charge is 2.22. The summed E-state index contributed by atoms with van der Waals surface area (Å²) in [5.41, 5.74) is 3.26. The lowest BCUT2D eigenvalue weighted by atomic mass is 10.1. The topological polar surface area (TPSA) is 40.9 Å². The van der Waals surface area contributed by atoms with E-state index in [0.717, 1.165) is 34.5 Å². The number of aromatic nitrogens is 2. The minimum Gasteiger partial charge on any atom is -0.368 e. The molecule has 1 amide bonds. The first-order chi connectivity index (χ1) is 15.6. The predicted octanol–water partition coefficient (Wildman–Crippen LogP) is 5.14. The van der Waals surface area contributed by atoms with Crippen LogP contribution in [-0.4, -0.2) is 46.4 Å². The molecule has 0 spiro atoms. The highest BCUT2D eigenvalue weighted by atomic mass is 35.5. The molecular weight excluding hydrogens is 447 g/mol. The number of hydrogen-bond acceptors (Lipinski definition) is 4. The number of piperazine rings is 1. The zero-order valence-electron chi connectivity index (χ0n) is 17.4. The van der Waals surface area contributed by atoms with Crippen LogP contribution < -0.4 is 4.90 Å². The van der Waals surface area contributed by atoms with E-state index in [-0.39, 0.29) is 11.7 Å². The van der Waals surface area contributed by atoms with Crippen molar-refractivity contribution in [1.82, 2.24) is 14.3 Å². The van der Waals surface area contributed by atoms with E-state index < -0.39 is 0 Å². The van der Waals surface area contributed by atoms with Gasteiger partial charge in [0.05, 0.1) is 5.69 Å². The van der Waals surface area contributed by atoms with Gasteiger partial charge in [-0.15, -0.1) is 11.3 Å². The van der Waals surface area contributed by atoms with E-state index in [9.17, 15) is 9.18 Å². The molecule has 5 rings (SSSR count). The fourth-order valence-corrected chi connectivity index (χ4v) is 5.10. The summed E-state index contributed by atoms with van der Waals surface area (Å²) in [7, 11) is 0. The van der Waals surface area contributed by atoms with Crippen molar-refractivity contribution in [3.63, 3.8) is 0 Å². The van der Waals surface area contributed by atoms with Crippen molar-refractivity contribution in [3.05, 3.63) is 76.6 Å². The molecule has 1 aliphatic heterocycles. The maximum atomic E-state index is 14.1. The van der Waals surface area contributed by atoms with Gasteiger partial charge in [0.25, 0.3) is 0 Å². The third kappa shape index (κ3) is 4.23. The molecule has 0 aliphatic carbocycles. The molecule has 2 aromatic heterocycles. The molecule has 3 heterocycles. The minimum atomic E-state index is -0.285. The van der Waals surface area contributed by atoms with E-state index in [4.69, 9.17) is 11.6 Å². The molecule has 1 aliphatic rings. The first-order valence-corrected chi connectivity index (χ1v) is 11.8. The molecule has 4 aromatic rings. The Bertz CT molecular complexity index is 1240. The minimum absolute atomic E-state index is 0.162. The molecule has 0 N–H and O–H groups in total. The maximum absolute atomic E-state index is 14.1. The van der Waals surface area contributed by atoms with Crippen LogP contribution in [-0.2, 0) is 11.2 Å². The zero-order chi connectivity index (χ0) is 22.1. The zero-order valence-corrected chi connectivity index (χ0v) is 18.9. The second-order valence-electron chi connectivity index (χ2n) is 7.83. The number of hydrogen-bond donors (Lipinski definition) is 0. The Kier molecular flexibility index (Phi) is 5.85. The number of halogens is 2. The number of amides is 1. The summed E-state index contributed by atoms with van der Waals surface area (Å²) in [4.78, 5) is 22.4. The average Bonchev–Trinajstić information content (AvgIpc) is 3.40. The van der Waals surface area contributed by atoms with Crippen LogP contribution in [0, 0.1) is 5.82 Å². The van der Waals surface area contributed by atoms with Gasteiger partial charge >= 0.3 is 0 Å². The van der Waals surface area contributed by atoms with Crippen molar-refractivity contribution >= 4 is 39.5 Å². The second-order valence-corrected chi connectivity index (χ2v) is 9.10. The molecule has 0 saturated carbocycles. The van der Waals surface area contributed by atoms with E-state index in [1.54, 1.807) is 18.2 Å². The number of carbonyl (C=O) groups excluding carboxylic acids is 1. The Morgan fingerprint density at radius 3 is 2.56 bits per heavy atom. The number of nitrogens with zero attached hydrogens (tertiary/aromatic N) is 4. The number of benzene rings is 2. The lowest BCUT2D eigenvalue weighted by molar-refractivity contribution is -0.131. The van der Waals surface area contributed by atoms with Crippen LogP contribution in [0.25, 0.3) is 16.2 Å². The van der Waals surface area contributed by atoms with E-state index in [1.807, 2.05) is 45.1 Å². The molecule has 1 saturated heterocycles. The Balaban J connectivity index is 1.20. The van der Waals surface area contributed by atoms with Gasteiger partial charge < -0.3 is 9.80 Å². The normalized spacial score (nSPS) is 14.3. The standard InChI is InChI=1S/C24H22ClFN4OS/c25-17-5-7-18(8-6-17)28-11-13-29(14-12-28)23(31)10-9-19-16-32-24-27-22(15-30(19)24)20-3-1-2-4-21(20)26/h1-8,15-16H,9-14H2. The van der Waals surface area contributed by atoms with Crippen LogP contribution in [0.2, 0.25) is 5.02 Å². The number of fused-ring (bicyclic) bond motifs is 1. The quantitative estimate of drug-likeness (QED) is 0.407. The molecule has 164 valence electrons. The molecule has 0 atom stereocenters. The van der Waals surface area contributed by atoms with Crippen molar-refractivity contribution in [1.29, 1.82) is 0 Å². The third-order valence-electron chi connectivity index (χ3n) is 5.85. The fourth-order valence-electron chi connectivity index (χ4n) is 4.07. The van der Waals surface area contributed by atoms with Crippen molar-refractivity contribution in [2.24, 2.45) is 0 Å². The molecule has 5 nitrogen and oxygen atoms in total. The molecule has 1 fully saturated rings. The van der Waals surface area contributed by atoms with E-state index in [0.29, 0.717) is 37.2 Å². The third-order valence-corrected chi connectivity index (χ3v) is 6.99. The summed E-state index contributed by atoms with van der Waals surface area (Å²) in [5, 5.41) is 2.75. The molecular formula is C24H22ClFN4OS. The van der Waals surface area contributed by atoms with Gasteiger partial charge in [-0.2, -0.15) is 0 Å². The van der Waals surface area contributed by atoms with Crippen LogP contribution in [0.1, 0.15) is 12.1 Å². The summed E-state index contributed by atoms with van der Waals surface area (Å²) in [6, 6.07) is 14.5. The summed E-state index contributed by atoms with van der Waals surface area (Å²) >= 11 is 7.49. The molecule has 0 bridgehead atoms. The lowest BCUT2D eigenvalue weighted by Crippen LogP contribution is -2.48. The summed E-state index contributed by atoms with van der Waals surface area (Å²) in [6.45, 7) is 3.04. The van der Waals surface area contributed by atoms with Crippen molar-refractivity contribution in [2.45, 2.75) is 12.8 Å². The molecule has 32 heavy (non-hydrogen) atoms. The van der Waals surface area contributed by atoms with Gasteiger partial charge in [-0.25, -0.2) is 9.37 Å². The maximum Gasteiger partial charge on any atom is 0.223 e. The lowest BCUT2D eigenvalue weighted by Gasteiger charge is -2.36. The molecule has 0 radical (unpaired) electrons. The first-order valence-electron chi connectivity index (χ1n) is 10.6. The second kappa shape index (κ2) is 8.92. The van der Waals surface area contributed by atoms with E-state index >= 15 is 0 Å². The van der Waals surface area contributed by atoms with Gasteiger partial charge in [0.15, 0.2) is 4.96 Å². The fraction of sp³-hybridized carbons (Fsp3) is 0.250.